The van der Waals surface area contributed by atoms with Crippen LogP contribution in [0.25, 0.3) is 0 Å². The lowest BCUT2D eigenvalue weighted by Gasteiger charge is -2.74. The highest BCUT2D eigenvalue weighted by atomic mass is 16.7. The molecule has 20 atom stereocenters. The van der Waals surface area contributed by atoms with E-state index in [1.807, 2.05) is 0 Å². The van der Waals surface area contributed by atoms with Crippen molar-refractivity contribution in [2.45, 2.75) is 167 Å². The molecule has 5 aliphatic carbocycles. The Labute approximate surface area is 320 Å². The maximum Gasteiger partial charge on any atom is 0.187 e. The van der Waals surface area contributed by atoms with Crippen molar-refractivity contribution in [1.29, 1.82) is 0 Å². The molecular weight excluding hydrogens is 696 g/mol. The number of rotatable bonds is 7. The van der Waals surface area contributed by atoms with Crippen molar-refractivity contribution >= 4 is 0 Å². The molecule has 0 aromatic rings. The number of ether oxygens (including phenoxy) is 3. The van der Waals surface area contributed by atoms with Gasteiger partial charge in [0.1, 0.15) is 48.3 Å². The molecular formula is C42H70O12. The van der Waals surface area contributed by atoms with Gasteiger partial charge in [0.05, 0.1) is 13.2 Å². The monoisotopic (exact) mass is 766 g/mol. The lowest BCUT2D eigenvalue weighted by molar-refractivity contribution is -0.392. The molecule has 0 radical (unpaired) electrons. The van der Waals surface area contributed by atoms with Gasteiger partial charge in [0.2, 0.25) is 0 Å². The molecule has 9 N–H and O–H groups in total. The molecule has 0 aromatic heterocycles. The van der Waals surface area contributed by atoms with Crippen molar-refractivity contribution in [3.8, 4) is 0 Å². The van der Waals surface area contributed by atoms with Gasteiger partial charge in [-0.05, 0) is 134 Å². The lowest BCUT2D eigenvalue weighted by atomic mass is 9.31. The van der Waals surface area contributed by atoms with E-state index in [2.05, 4.69) is 48.1 Å². The third-order valence-electron chi connectivity index (χ3n) is 18.3. The molecule has 7 aliphatic rings. The number of hydrogen-bond donors (Lipinski definition) is 9. The lowest BCUT2D eigenvalue weighted by Crippen LogP contribution is -2.75. The van der Waals surface area contributed by atoms with Crippen LogP contribution in [0.2, 0.25) is 0 Å². The second-order valence-corrected chi connectivity index (χ2v) is 20.5. The molecule has 7 fully saturated rings. The minimum Gasteiger partial charge on any atom is -0.396 e. The molecule has 12 heteroatoms. The van der Waals surface area contributed by atoms with Crippen LogP contribution in [0.5, 0.6) is 0 Å². The molecule has 0 spiro atoms. The minimum absolute atomic E-state index is 0.0245. The van der Waals surface area contributed by atoms with E-state index in [4.69, 9.17) is 14.2 Å². The first-order chi connectivity index (χ1) is 25.2. The third kappa shape index (κ3) is 5.51. The van der Waals surface area contributed by atoms with Gasteiger partial charge in [-0.1, -0.05) is 46.8 Å². The highest BCUT2D eigenvalue weighted by Crippen LogP contribution is 2.78. The van der Waals surface area contributed by atoms with Crippen molar-refractivity contribution in [2.24, 2.45) is 62.6 Å². The van der Waals surface area contributed by atoms with E-state index in [1.54, 1.807) is 0 Å². The summed E-state index contributed by atoms with van der Waals surface area (Å²) in [6.07, 6.45) is -5.01. The SMILES string of the molecule is C=C(C)[C@@H]1CC[C@]2(CO)CC[C@]3(C)[C@H](CCC4[C@@]5(C)CCC([C@@]6(O)[C@H](OC7O[C@H](CO)[C@@H](O)[C@H](O)[C@H]7O)[C@@H](CO)O[C@@H](O)[C@@H]6O)C(C)(C)[C@@H]5CC[C@]43C)[C@@H]12. The molecule has 7 rings (SSSR count). The van der Waals surface area contributed by atoms with E-state index < -0.39 is 85.5 Å². The van der Waals surface area contributed by atoms with Crippen LogP contribution >= 0.6 is 0 Å². The van der Waals surface area contributed by atoms with Crippen LogP contribution in [-0.4, -0.2) is 127 Å². The van der Waals surface area contributed by atoms with E-state index in [1.165, 1.54) is 5.57 Å². The van der Waals surface area contributed by atoms with E-state index >= 15 is 0 Å². The van der Waals surface area contributed by atoms with E-state index in [0.717, 1.165) is 57.8 Å². The second kappa shape index (κ2) is 13.9. The van der Waals surface area contributed by atoms with Crippen LogP contribution in [0.3, 0.4) is 0 Å². The van der Waals surface area contributed by atoms with Crippen molar-refractivity contribution in [1.82, 2.24) is 0 Å². The van der Waals surface area contributed by atoms with Gasteiger partial charge in [0, 0.05) is 6.61 Å². The van der Waals surface area contributed by atoms with Gasteiger partial charge in [-0.2, -0.15) is 0 Å². The van der Waals surface area contributed by atoms with Crippen molar-refractivity contribution in [3.05, 3.63) is 12.2 Å². The molecule has 12 nitrogen and oxygen atoms in total. The largest absolute Gasteiger partial charge is 0.396 e. The summed E-state index contributed by atoms with van der Waals surface area (Å²) in [6, 6.07) is 0. The van der Waals surface area contributed by atoms with E-state index in [9.17, 15) is 46.0 Å². The van der Waals surface area contributed by atoms with Gasteiger partial charge < -0.3 is 60.2 Å². The van der Waals surface area contributed by atoms with Gasteiger partial charge in [-0.15, -0.1) is 0 Å². The summed E-state index contributed by atoms with van der Waals surface area (Å²) in [5, 5.41) is 98.8. The normalized spacial score (nSPS) is 57.0. The van der Waals surface area contributed by atoms with Crippen LogP contribution in [0.1, 0.15) is 106 Å². The molecule has 2 heterocycles. The number of hydrogen-bond acceptors (Lipinski definition) is 12. The molecule has 2 aliphatic heterocycles. The molecule has 0 aromatic carbocycles. The van der Waals surface area contributed by atoms with Crippen molar-refractivity contribution < 1.29 is 60.2 Å². The maximum absolute atomic E-state index is 13.0. The highest BCUT2D eigenvalue weighted by molar-refractivity contribution is 5.23. The van der Waals surface area contributed by atoms with Gasteiger partial charge in [-0.25, -0.2) is 0 Å². The predicted molar refractivity (Wildman–Crippen MR) is 197 cm³/mol. The molecule has 54 heavy (non-hydrogen) atoms. The van der Waals surface area contributed by atoms with E-state index in [0.29, 0.717) is 30.1 Å². The summed E-state index contributed by atoms with van der Waals surface area (Å²) in [5.74, 6) is 1.24. The molecule has 310 valence electrons. The van der Waals surface area contributed by atoms with Crippen LogP contribution in [0, 0.1) is 62.6 Å². The predicted octanol–water partition coefficient (Wildman–Crippen LogP) is 2.24. The van der Waals surface area contributed by atoms with E-state index in [-0.39, 0.29) is 34.2 Å². The average Bonchev–Trinajstić information content (AvgIpc) is 3.52. The summed E-state index contributed by atoms with van der Waals surface area (Å²) in [4.78, 5) is 0. The fraction of sp³-hybridized carbons (Fsp3) is 0.952. The zero-order chi connectivity index (χ0) is 39.6. The fourth-order valence-electron chi connectivity index (χ4n) is 15.5. The Morgan fingerprint density at radius 1 is 0.704 bits per heavy atom. The summed E-state index contributed by atoms with van der Waals surface area (Å²) >= 11 is 0. The Kier molecular flexibility index (Phi) is 10.7. The average molecular weight is 767 g/mol. The first-order valence-corrected chi connectivity index (χ1v) is 20.8. The second-order valence-electron chi connectivity index (χ2n) is 20.5. The molecule has 2 saturated heterocycles. The van der Waals surface area contributed by atoms with Gasteiger partial charge in [0.25, 0.3) is 0 Å². The maximum atomic E-state index is 13.0. The fourth-order valence-corrected chi connectivity index (χ4v) is 15.5. The topological polar surface area (TPSA) is 210 Å². The first kappa shape index (κ1) is 41.4. The Hall–Kier alpha value is -0.740. The van der Waals surface area contributed by atoms with Crippen LogP contribution in [-0.2, 0) is 14.2 Å². The molecule has 0 amide bonds. The van der Waals surface area contributed by atoms with Gasteiger partial charge in [-0.3, -0.25) is 0 Å². The summed E-state index contributed by atoms with van der Waals surface area (Å²) in [5.41, 5.74) is -1.56. The Bertz CT molecular complexity index is 1410. The standard InChI is InChI=1S/C42H70O12/c1-21(2)22-10-15-41(20-45)17-16-39(6)23(29(22)41)8-9-28-38(5)13-11-27(37(3,4)26(38)12-14-40(28,39)7)42(51)33(49)35(50)52-25(19-44)34(42)54-36-32(48)31(47)30(46)24(18-43)53-36/h22-36,43-51H,1,8-20H2,2-7H3/t22-,23+,24+,25+,26-,27?,28?,29+,30+,31-,32+,33-,34+,35+,36?,38-,39+,40+,41+,42-/m0/s1. The molecule has 0 bridgehead atoms. The van der Waals surface area contributed by atoms with Gasteiger partial charge in [0.15, 0.2) is 12.6 Å². The number of aliphatic hydroxyl groups excluding tert-OH is 8. The highest BCUT2D eigenvalue weighted by Gasteiger charge is 2.73. The summed E-state index contributed by atoms with van der Waals surface area (Å²) in [7, 11) is 0. The molecule has 3 unspecified atom stereocenters. The zero-order valence-electron chi connectivity index (χ0n) is 33.3. The number of aliphatic hydroxyl groups is 9. The number of fused-ring (bicyclic) bond motifs is 7. The van der Waals surface area contributed by atoms with Crippen LogP contribution < -0.4 is 0 Å². The van der Waals surface area contributed by atoms with Gasteiger partial charge >= 0.3 is 0 Å². The van der Waals surface area contributed by atoms with Crippen LogP contribution in [0.15, 0.2) is 12.2 Å². The Morgan fingerprint density at radius 2 is 1.37 bits per heavy atom. The summed E-state index contributed by atoms with van der Waals surface area (Å²) < 4.78 is 17.5. The van der Waals surface area contributed by atoms with Crippen molar-refractivity contribution in [2.75, 3.05) is 19.8 Å². The quantitative estimate of drug-likeness (QED) is 0.171. The van der Waals surface area contributed by atoms with Crippen molar-refractivity contribution in [3.63, 3.8) is 0 Å². The van der Waals surface area contributed by atoms with Crippen LogP contribution in [0.4, 0.5) is 0 Å². The minimum atomic E-state index is -2.20. The molecule has 5 saturated carbocycles. The Morgan fingerprint density at radius 3 is 2.00 bits per heavy atom. The first-order valence-electron chi connectivity index (χ1n) is 20.8. The summed E-state index contributed by atoms with van der Waals surface area (Å²) in [6.45, 7) is 17.3. The zero-order valence-corrected chi connectivity index (χ0v) is 33.3. The Balaban J connectivity index is 1.21. The third-order valence-corrected chi connectivity index (χ3v) is 18.3. The smallest absolute Gasteiger partial charge is 0.187 e. The number of allylic oxidation sites excluding steroid dienone is 1.